The molecule has 13 heavy (non-hydrogen) atoms. The van der Waals surface area contributed by atoms with Crippen LogP contribution in [0.4, 0.5) is 8.78 Å². The van der Waals surface area contributed by atoms with Crippen LogP contribution in [0.1, 0.15) is 18.9 Å². The molecule has 0 bridgehead atoms. The Balaban J connectivity index is 2.75. The van der Waals surface area contributed by atoms with E-state index in [2.05, 4.69) is 4.74 Å². The van der Waals surface area contributed by atoms with E-state index in [1.165, 1.54) is 31.2 Å². The van der Waals surface area contributed by atoms with Gasteiger partial charge in [-0.2, -0.15) is 0 Å². The lowest BCUT2D eigenvalue weighted by Crippen LogP contribution is -2.01. The maximum Gasteiger partial charge on any atom is 0.308 e. The molecule has 0 unspecified atom stereocenters. The van der Waals surface area contributed by atoms with Crippen molar-refractivity contribution in [3.8, 4) is 5.75 Å². The summed E-state index contributed by atoms with van der Waals surface area (Å²) in [4.78, 5) is 10.5. The summed E-state index contributed by atoms with van der Waals surface area (Å²) in [5.41, 5.74) is -0.0871. The van der Waals surface area contributed by atoms with E-state index in [-0.39, 0.29) is 11.3 Å². The molecule has 0 fully saturated rings. The number of carbonyl (C=O) groups is 1. The number of hydrogen-bond acceptors (Lipinski definition) is 2. The van der Waals surface area contributed by atoms with Gasteiger partial charge >= 0.3 is 5.97 Å². The van der Waals surface area contributed by atoms with Crippen LogP contribution < -0.4 is 4.74 Å². The molecule has 2 nitrogen and oxygen atoms in total. The van der Waals surface area contributed by atoms with Gasteiger partial charge in [-0.3, -0.25) is 4.79 Å². The average molecular weight is 186 g/mol. The predicted molar refractivity (Wildman–Crippen MR) is 42.7 cm³/mol. The van der Waals surface area contributed by atoms with Crippen molar-refractivity contribution in [2.45, 2.75) is 13.3 Å². The minimum Gasteiger partial charge on any atom is -0.427 e. The van der Waals surface area contributed by atoms with E-state index < -0.39 is 12.4 Å². The highest BCUT2D eigenvalue weighted by molar-refractivity contribution is 5.69. The molecular formula is C9H8F2O2. The van der Waals surface area contributed by atoms with Crippen molar-refractivity contribution in [2.75, 3.05) is 0 Å². The predicted octanol–water partition coefficient (Wildman–Crippen LogP) is 2.55. The Morgan fingerprint density at radius 1 is 1.31 bits per heavy atom. The van der Waals surface area contributed by atoms with Gasteiger partial charge < -0.3 is 4.74 Å². The van der Waals surface area contributed by atoms with Gasteiger partial charge in [-0.25, -0.2) is 8.78 Å². The average Bonchev–Trinajstić information content (AvgIpc) is 2.04. The van der Waals surface area contributed by atoms with Crippen molar-refractivity contribution in [1.82, 2.24) is 0 Å². The lowest BCUT2D eigenvalue weighted by atomic mass is 10.2. The van der Waals surface area contributed by atoms with Crippen LogP contribution in [0.5, 0.6) is 5.75 Å². The molecule has 0 heterocycles. The number of carbonyl (C=O) groups excluding carboxylic acids is 1. The molecule has 0 saturated heterocycles. The molecule has 0 spiro atoms. The molecule has 0 atom stereocenters. The fourth-order valence-electron chi connectivity index (χ4n) is 0.847. The highest BCUT2D eigenvalue weighted by Crippen LogP contribution is 2.21. The second kappa shape index (κ2) is 3.98. The molecule has 0 saturated carbocycles. The van der Waals surface area contributed by atoms with E-state index in [1.807, 2.05) is 0 Å². The highest BCUT2D eigenvalue weighted by atomic mass is 19.3. The molecule has 1 aromatic rings. The van der Waals surface area contributed by atoms with Crippen LogP contribution in [-0.2, 0) is 4.79 Å². The lowest BCUT2D eigenvalue weighted by Gasteiger charge is -2.02. The Morgan fingerprint density at radius 3 is 2.23 bits per heavy atom. The van der Waals surface area contributed by atoms with Gasteiger partial charge in [0, 0.05) is 12.5 Å². The van der Waals surface area contributed by atoms with Crippen molar-refractivity contribution >= 4 is 5.97 Å². The van der Waals surface area contributed by atoms with Crippen LogP contribution in [0.3, 0.4) is 0 Å². The van der Waals surface area contributed by atoms with Crippen LogP contribution in [-0.4, -0.2) is 5.97 Å². The molecule has 4 heteroatoms. The fourth-order valence-corrected chi connectivity index (χ4v) is 0.847. The smallest absolute Gasteiger partial charge is 0.308 e. The molecule has 1 aromatic carbocycles. The molecule has 1 rings (SSSR count). The third-order valence-corrected chi connectivity index (χ3v) is 1.39. The van der Waals surface area contributed by atoms with E-state index in [0.29, 0.717) is 0 Å². The summed E-state index contributed by atoms with van der Waals surface area (Å²) in [5, 5.41) is 0. The number of hydrogen-bond donors (Lipinski definition) is 0. The number of rotatable bonds is 2. The summed E-state index contributed by atoms with van der Waals surface area (Å²) in [6, 6.07) is 5.12. The van der Waals surface area contributed by atoms with E-state index in [4.69, 9.17) is 0 Å². The molecule has 0 aliphatic carbocycles. The summed E-state index contributed by atoms with van der Waals surface area (Å²) in [6.45, 7) is 1.25. The first-order chi connectivity index (χ1) is 6.09. The summed E-state index contributed by atoms with van der Waals surface area (Å²) < 4.78 is 28.8. The maximum absolute atomic E-state index is 12.1. The van der Waals surface area contributed by atoms with Crippen molar-refractivity contribution in [3.63, 3.8) is 0 Å². The van der Waals surface area contributed by atoms with Gasteiger partial charge in [0.05, 0.1) is 0 Å². The standard InChI is InChI=1S/C9H8F2O2/c1-6(12)13-8-4-2-7(3-5-8)9(10)11/h2-5,9H,1H3. The van der Waals surface area contributed by atoms with E-state index in [1.54, 1.807) is 0 Å². The van der Waals surface area contributed by atoms with E-state index in [9.17, 15) is 13.6 Å². The SMILES string of the molecule is CC(=O)Oc1ccc(C(F)F)cc1. The normalized spacial score (nSPS) is 10.2. The number of benzene rings is 1. The van der Waals surface area contributed by atoms with Crippen LogP contribution >= 0.6 is 0 Å². The number of esters is 1. The Bertz CT molecular complexity index is 293. The Hall–Kier alpha value is -1.45. The highest BCUT2D eigenvalue weighted by Gasteiger charge is 2.06. The summed E-state index contributed by atoms with van der Waals surface area (Å²) >= 11 is 0. The maximum atomic E-state index is 12.1. The van der Waals surface area contributed by atoms with E-state index >= 15 is 0 Å². The zero-order valence-electron chi connectivity index (χ0n) is 6.96. The Morgan fingerprint density at radius 2 is 1.85 bits per heavy atom. The molecule has 0 N–H and O–H groups in total. The zero-order valence-corrected chi connectivity index (χ0v) is 6.96. The van der Waals surface area contributed by atoms with Gasteiger partial charge in [0.25, 0.3) is 6.43 Å². The number of ether oxygens (including phenoxy) is 1. The second-order valence-electron chi connectivity index (χ2n) is 2.46. The van der Waals surface area contributed by atoms with Gasteiger partial charge in [-0.15, -0.1) is 0 Å². The van der Waals surface area contributed by atoms with Crippen LogP contribution in [0.25, 0.3) is 0 Å². The van der Waals surface area contributed by atoms with Crippen molar-refractivity contribution in [2.24, 2.45) is 0 Å². The minimum atomic E-state index is -2.49. The third-order valence-electron chi connectivity index (χ3n) is 1.39. The Labute approximate surface area is 74.1 Å². The lowest BCUT2D eigenvalue weighted by molar-refractivity contribution is -0.131. The van der Waals surface area contributed by atoms with Gasteiger partial charge in [0.2, 0.25) is 0 Å². The first kappa shape index (κ1) is 9.64. The molecule has 0 aromatic heterocycles. The van der Waals surface area contributed by atoms with Gasteiger partial charge in [-0.05, 0) is 24.3 Å². The number of alkyl halides is 2. The Kier molecular flexibility index (Phi) is 2.95. The quantitative estimate of drug-likeness (QED) is 0.524. The van der Waals surface area contributed by atoms with Gasteiger partial charge in [-0.1, -0.05) is 0 Å². The van der Waals surface area contributed by atoms with E-state index in [0.717, 1.165) is 0 Å². The molecule has 0 aliphatic rings. The van der Waals surface area contributed by atoms with Crippen molar-refractivity contribution in [3.05, 3.63) is 29.8 Å². The summed E-state index contributed by atoms with van der Waals surface area (Å²) in [5.74, 6) is -0.193. The molecule has 70 valence electrons. The van der Waals surface area contributed by atoms with Crippen molar-refractivity contribution < 1.29 is 18.3 Å². The summed E-state index contributed by atoms with van der Waals surface area (Å²) in [6.07, 6.45) is -2.49. The topological polar surface area (TPSA) is 26.3 Å². The number of halogens is 2. The molecule has 0 amide bonds. The summed E-state index contributed by atoms with van der Waals surface area (Å²) in [7, 11) is 0. The van der Waals surface area contributed by atoms with Crippen LogP contribution in [0.15, 0.2) is 24.3 Å². The minimum absolute atomic E-state index is 0.0871. The molecular weight excluding hydrogens is 178 g/mol. The van der Waals surface area contributed by atoms with Crippen molar-refractivity contribution in [1.29, 1.82) is 0 Å². The monoisotopic (exact) mass is 186 g/mol. The molecule has 0 aliphatic heterocycles. The van der Waals surface area contributed by atoms with Gasteiger partial charge in [0.15, 0.2) is 0 Å². The van der Waals surface area contributed by atoms with Gasteiger partial charge in [0.1, 0.15) is 5.75 Å². The third kappa shape index (κ3) is 2.82. The van der Waals surface area contributed by atoms with Crippen LogP contribution in [0, 0.1) is 0 Å². The first-order valence-corrected chi connectivity index (χ1v) is 3.66. The zero-order chi connectivity index (χ0) is 9.84. The molecule has 0 radical (unpaired) electrons. The fraction of sp³-hybridized carbons (Fsp3) is 0.222. The second-order valence-corrected chi connectivity index (χ2v) is 2.46. The first-order valence-electron chi connectivity index (χ1n) is 3.66. The van der Waals surface area contributed by atoms with Crippen LogP contribution in [0.2, 0.25) is 0 Å². The largest absolute Gasteiger partial charge is 0.427 e.